The lowest BCUT2D eigenvalue weighted by atomic mass is 10.2. The number of amides is 1. The highest BCUT2D eigenvalue weighted by Crippen LogP contribution is 2.18. The van der Waals surface area contributed by atoms with Crippen molar-refractivity contribution in [3.63, 3.8) is 0 Å². The molecule has 3 nitrogen and oxygen atoms in total. The maximum Gasteiger partial charge on any atom is 0.254 e. The number of carbonyl (C=O) groups excluding carboxylic acids is 1. The van der Waals surface area contributed by atoms with Crippen LogP contribution in [0.3, 0.4) is 0 Å². The number of halogens is 2. The molecule has 1 amide bonds. The monoisotopic (exact) mass is 346 g/mol. The van der Waals surface area contributed by atoms with Crippen LogP contribution in [0.4, 0.5) is 4.39 Å². The van der Waals surface area contributed by atoms with Crippen LogP contribution in [-0.2, 0) is 6.54 Å². The number of hydrogen-bond donors (Lipinski definition) is 0. The first-order valence-corrected chi connectivity index (χ1v) is 8.52. The first kappa shape index (κ1) is 16.9. The van der Waals surface area contributed by atoms with Gasteiger partial charge in [-0.25, -0.2) is 4.39 Å². The molecule has 3 rings (SSSR count). The molecule has 1 aliphatic heterocycles. The molecule has 0 aromatic heterocycles. The molecule has 0 N–H and O–H groups in total. The van der Waals surface area contributed by atoms with Gasteiger partial charge in [0.1, 0.15) is 5.82 Å². The lowest BCUT2D eigenvalue weighted by Crippen LogP contribution is -2.35. The second kappa shape index (κ2) is 7.77. The van der Waals surface area contributed by atoms with E-state index in [2.05, 4.69) is 4.90 Å². The minimum Gasteiger partial charge on any atom is -0.337 e. The predicted octanol–water partition coefficient (Wildman–Crippen LogP) is 3.83. The maximum atomic E-state index is 13.3. The number of carbonyl (C=O) groups is 1. The molecule has 0 bridgehead atoms. The van der Waals surface area contributed by atoms with Gasteiger partial charge in [0.05, 0.1) is 0 Å². The Labute approximate surface area is 146 Å². The van der Waals surface area contributed by atoms with Gasteiger partial charge < -0.3 is 4.90 Å². The fourth-order valence-corrected chi connectivity index (χ4v) is 3.20. The molecule has 5 heteroatoms. The predicted molar refractivity (Wildman–Crippen MR) is 93.6 cm³/mol. The van der Waals surface area contributed by atoms with Crippen molar-refractivity contribution in [2.45, 2.75) is 13.0 Å². The Morgan fingerprint density at radius 2 is 1.88 bits per heavy atom. The summed E-state index contributed by atoms with van der Waals surface area (Å²) in [5.41, 5.74) is 1.51. The van der Waals surface area contributed by atoms with Crippen LogP contribution < -0.4 is 0 Å². The fraction of sp³-hybridized carbons (Fsp3) is 0.316. The number of hydrogen-bond acceptors (Lipinski definition) is 2. The number of nitrogens with zero attached hydrogens (tertiary/aromatic N) is 2. The summed E-state index contributed by atoms with van der Waals surface area (Å²) in [5.74, 6) is -0.481. The van der Waals surface area contributed by atoms with Gasteiger partial charge in [0.15, 0.2) is 0 Å². The average Bonchev–Trinajstić information content (AvgIpc) is 2.82. The van der Waals surface area contributed by atoms with E-state index >= 15 is 0 Å². The Hall–Kier alpha value is -1.91. The zero-order valence-electron chi connectivity index (χ0n) is 13.4. The molecule has 0 spiro atoms. The van der Waals surface area contributed by atoms with Crippen LogP contribution in [0.5, 0.6) is 0 Å². The topological polar surface area (TPSA) is 23.6 Å². The van der Waals surface area contributed by atoms with Crippen LogP contribution >= 0.6 is 11.6 Å². The smallest absolute Gasteiger partial charge is 0.254 e. The van der Waals surface area contributed by atoms with Crippen LogP contribution in [0.15, 0.2) is 48.5 Å². The van der Waals surface area contributed by atoms with Gasteiger partial charge in [-0.05, 0) is 36.2 Å². The van der Waals surface area contributed by atoms with E-state index < -0.39 is 0 Å². The summed E-state index contributed by atoms with van der Waals surface area (Å²) in [5, 5.41) is 0.773. The van der Waals surface area contributed by atoms with Gasteiger partial charge in [-0.15, -0.1) is 0 Å². The molecule has 126 valence electrons. The van der Waals surface area contributed by atoms with E-state index in [4.69, 9.17) is 11.6 Å². The minimum atomic E-state index is -0.379. The molecule has 2 aromatic rings. The second-order valence-electron chi connectivity index (χ2n) is 6.02. The van der Waals surface area contributed by atoms with Crippen LogP contribution in [0, 0.1) is 5.82 Å². The van der Waals surface area contributed by atoms with E-state index in [1.807, 2.05) is 24.3 Å². The largest absolute Gasteiger partial charge is 0.337 e. The van der Waals surface area contributed by atoms with Crippen molar-refractivity contribution < 1.29 is 9.18 Å². The summed E-state index contributed by atoms with van der Waals surface area (Å²) in [6, 6.07) is 13.7. The molecule has 1 heterocycles. The van der Waals surface area contributed by atoms with Gasteiger partial charge in [-0.1, -0.05) is 35.9 Å². The minimum absolute atomic E-state index is 0.103. The van der Waals surface area contributed by atoms with E-state index in [-0.39, 0.29) is 11.7 Å². The highest BCUT2D eigenvalue weighted by molar-refractivity contribution is 6.31. The van der Waals surface area contributed by atoms with Crippen LogP contribution in [0.25, 0.3) is 0 Å². The molecular weight excluding hydrogens is 327 g/mol. The summed E-state index contributed by atoms with van der Waals surface area (Å²) in [6.45, 7) is 3.81. The van der Waals surface area contributed by atoms with Crippen LogP contribution in [0.1, 0.15) is 22.3 Å². The maximum absolute atomic E-state index is 13.3. The SMILES string of the molecule is O=C(c1cccc(F)c1)N1CCCN(Cc2ccccc2Cl)CC1. The lowest BCUT2D eigenvalue weighted by molar-refractivity contribution is 0.0760. The normalized spacial score (nSPS) is 16.0. The highest BCUT2D eigenvalue weighted by Gasteiger charge is 2.21. The van der Waals surface area contributed by atoms with Crippen molar-refractivity contribution in [2.75, 3.05) is 26.2 Å². The summed E-state index contributed by atoms with van der Waals surface area (Å²) in [7, 11) is 0. The summed E-state index contributed by atoms with van der Waals surface area (Å²) < 4.78 is 13.3. The zero-order chi connectivity index (χ0) is 16.9. The van der Waals surface area contributed by atoms with Crippen LogP contribution in [0.2, 0.25) is 5.02 Å². The van der Waals surface area contributed by atoms with Gasteiger partial charge >= 0.3 is 0 Å². The first-order valence-electron chi connectivity index (χ1n) is 8.14. The van der Waals surface area contributed by atoms with Crippen molar-refractivity contribution in [2.24, 2.45) is 0 Å². The quantitative estimate of drug-likeness (QED) is 0.843. The van der Waals surface area contributed by atoms with Crippen molar-refractivity contribution in [1.82, 2.24) is 9.80 Å². The van der Waals surface area contributed by atoms with E-state index in [0.717, 1.165) is 36.6 Å². The number of benzene rings is 2. The Morgan fingerprint density at radius 3 is 2.67 bits per heavy atom. The van der Waals surface area contributed by atoms with Gasteiger partial charge in [0.25, 0.3) is 5.91 Å². The third-order valence-electron chi connectivity index (χ3n) is 4.30. The van der Waals surface area contributed by atoms with Crippen molar-refractivity contribution in [3.8, 4) is 0 Å². The molecule has 1 fully saturated rings. The standard InChI is InChI=1S/C19H20ClFN2O/c20-18-8-2-1-5-16(18)14-22-9-4-10-23(12-11-22)19(24)15-6-3-7-17(21)13-15/h1-3,5-8,13H,4,9-12,14H2. The van der Waals surface area contributed by atoms with Gasteiger partial charge in [-0.3, -0.25) is 9.69 Å². The molecule has 0 radical (unpaired) electrons. The molecular formula is C19H20ClFN2O. The molecule has 2 aromatic carbocycles. The molecule has 24 heavy (non-hydrogen) atoms. The third kappa shape index (κ3) is 4.13. The third-order valence-corrected chi connectivity index (χ3v) is 4.67. The Kier molecular flexibility index (Phi) is 5.48. The molecule has 0 atom stereocenters. The van der Waals surface area contributed by atoms with Gasteiger partial charge in [0, 0.05) is 43.3 Å². The van der Waals surface area contributed by atoms with E-state index in [1.165, 1.54) is 12.1 Å². The number of rotatable bonds is 3. The van der Waals surface area contributed by atoms with Crippen molar-refractivity contribution in [3.05, 3.63) is 70.5 Å². The molecule has 0 aliphatic carbocycles. The Morgan fingerprint density at radius 1 is 1.04 bits per heavy atom. The Balaban J connectivity index is 1.63. The van der Waals surface area contributed by atoms with Gasteiger partial charge in [0.2, 0.25) is 0 Å². The zero-order valence-corrected chi connectivity index (χ0v) is 14.2. The molecule has 0 unspecified atom stereocenters. The van der Waals surface area contributed by atoms with E-state index in [9.17, 15) is 9.18 Å². The van der Waals surface area contributed by atoms with Crippen molar-refractivity contribution >= 4 is 17.5 Å². The second-order valence-corrected chi connectivity index (χ2v) is 6.43. The van der Waals surface area contributed by atoms with E-state index in [1.54, 1.807) is 17.0 Å². The lowest BCUT2D eigenvalue weighted by Gasteiger charge is -2.22. The summed E-state index contributed by atoms with van der Waals surface area (Å²) >= 11 is 6.23. The highest BCUT2D eigenvalue weighted by atomic mass is 35.5. The molecule has 0 saturated carbocycles. The first-order chi connectivity index (χ1) is 11.6. The van der Waals surface area contributed by atoms with Crippen LogP contribution in [-0.4, -0.2) is 41.9 Å². The fourth-order valence-electron chi connectivity index (χ4n) is 3.00. The Bertz CT molecular complexity index is 722. The van der Waals surface area contributed by atoms with Gasteiger partial charge in [-0.2, -0.15) is 0 Å². The average molecular weight is 347 g/mol. The van der Waals surface area contributed by atoms with E-state index in [0.29, 0.717) is 18.7 Å². The molecule has 1 saturated heterocycles. The summed E-state index contributed by atoms with van der Waals surface area (Å²) in [6.07, 6.45) is 0.894. The molecule has 1 aliphatic rings. The van der Waals surface area contributed by atoms with Crippen molar-refractivity contribution in [1.29, 1.82) is 0 Å². The summed E-state index contributed by atoms with van der Waals surface area (Å²) in [4.78, 5) is 16.7.